The monoisotopic (exact) mass is 246 g/mol. The Hall–Kier alpha value is -1.71. The Balaban J connectivity index is 1.96. The molecule has 18 heavy (non-hydrogen) atoms. The van der Waals surface area contributed by atoms with E-state index in [1.165, 1.54) is 25.7 Å². The molecule has 1 heterocycles. The van der Waals surface area contributed by atoms with Crippen molar-refractivity contribution in [1.82, 2.24) is 0 Å². The fraction of sp³-hybridized carbons (Fsp3) is 0.500. The highest BCUT2D eigenvalue weighted by Gasteiger charge is 2.29. The van der Waals surface area contributed by atoms with Gasteiger partial charge in [-0.25, -0.2) is 0 Å². The van der Waals surface area contributed by atoms with Crippen LogP contribution < -0.4 is 15.0 Å². The summed E-state index contributed by atoms with van der Waals surface area (Å²) in [6.07, 6.45) is 4.93. The molecule has 1 fully saturated rings. The van der Waals surface area contributed by atoms with Crippen LogP contribution in [0.2, 0.25) is 0 Å². The van der Waals surface area contributed by atoms with Crippen LogP contribution in [-0.4, -0.2) is 25.6 Å². The summed E-state index contributed by atoms with van der Waals surface area (Å²) in [4.78, 5) is 14.0. The number of ether oxygens (including phenoxy) is 1. The van der Waals surface area contributed by atoms with Crippen LogP contribution in [0.1, 0.15) is 25.7 Å². The topological polar surface area (TPSA) is 41.6 Å². The van der Waals surface area contributed by atoms with Crippen molar-refractivity contribution in [3.8, 4) is 5.75 Å². The van der Waals surface area contributed by atoms with E-state index >= 15 is 0 Å². The Morgan fingerprint density at radius 1 is 1.33 bits per heavy atom. The van der Waals surface area contributed by atoms with Crippen molar-refractivity contribution in [3.05, 3.63) is 18.2 Å². The molecule has 4 nitrogen and oxygen atoms in total. The third-order valence-electron chi connectivity index (χ3n) is 3.87. The Morgan fingerprint density at radius 2 is 2.11 bits per heavy atom. The molecule has 1 saturated carbocycles. The predicted octanol–water partition coefficient (Wildman–Crippen LogP) is 2.40. The maximum Gasteiger partial charge on any atom is 0.243 e. The summed E-state index contributed by atoms with van der Waals surface area (Å²) in [6.45, 7) is 0.476. The molecule has 1 aromatic rings. The number of carbonyl (C=O) groups is 1. The minimum atomic E-state index is 0.0719. The molecule has 0 saturated heterocycles. The second-order valence-electron chi connectivity index (χ2n) is 5.00. The molecule has 1 N–H and O–H groups in total. The lowest BCUT2D eigenvalue weighted by molar-refractivity contribution is -0.115. The van der Waals surface area contributed by atoms with Crippen molar-refractivity contribution >= 4 is 17.3 Å². The van der Waals surface area contributed by atoms with Gasteiger partial charge in [0, 0.05) is 12.1 Å². The van der Waals surface area contributed by atoms with Gasteiger partial charge in [-0.05, 0) is 25.0 Å². The molecule has 4 heteroatoms. The van der Waals surface area contributed by atoms with Crippen molar-refractivity contribution in [1.29, 1.82) is 0 Å². The first-order valence-corrected chi connectivity index (χ1v) is 6.52. The van der Waals surface area contributed by atoms with Crippen LogP contribution in [0.15, 0.2) is 18.2 Å². The normalized spacial score (nSPS) is 19.6. The van der Waals surface area contributed by atoms with Crippen molar-refractivity contribution in [2.45, 2.75) is 31.7 Å². The van der Waals surface area contributed by atoms with Crippen LogP contribution in [0.4, 0.5) is 11.4 Å². The van der Waals surface area contributed by atoms with E-state index in [9.17, 15) is 4.79 Å². The van der Waals surface area contributed by atoms with Gasteiger partial charge in [0.1, 0.15) is 5.75 Å². The van der Waals surface area contributed by atoms with E-state index in [2.05, 4.69) is 10.2 Å². The average molecular weight is 246 g/mol. The first kappa shape index (κ1) is 11.4. The van der Waals surface area contributed by atoms with E-state index in [0.717, 1.165) is 17.1 Å². The molecule has 1 aliphatic heterocycles. The fourth-order valence-corrected chi connectivity index (χ4v) is 2.96. The highest BCUT2D eigenvalue weighted by Crippen LogP contribution is 2.37. The third kappa shape index (κ3) is 1.92. The SMILES string of the molecule is COc1ccc2c(c1)NC(=O)CN2C1CCCC1. The second-order valence-corrected chi connectivity index (χ2v) is 5.00. The number of nitrogens with one attached hydrogen (secondary N) is 1. The molecule has 2 aliphatic rings. The van der Waals surface area contributed by atoms with Crippen molar-refractivity contribution in [3.63, 3.8) is 0 Å². The molecule has 0 bridgehead atoms. The van der Waals surface area contributed by atoms with Gasteiger partial charge in [-0.2, -0.15) is 0 Å². The van der Waals surface area contributed by atoms with Gasteiger partial charge in [-0.3, -0.25) is 4.79 Å². The maximum absolute atomic E-state index is 11.8. The highest BCUT2D eigenvalue weighted by molar-refractivity contribution is 6.01. The zero-order valence-corrected chi connectivity index (χ0v) is 10.6. The Morgan fingerprint density at radius 3 is 2.83 bits per heavy atom. The molecule has 1 aliphatic carbocycles. The first-order chi connectivity index (χ1) is 8.78. The van der Waals surface area contributed by atoms with Crippen LogP contribution in [0.25, 0.3) is 0 Å². The lowest BCUT2D eigenvalue weighted by atomic mass is 10.1. The minimum absolute atomic E-state index is 0.0719. The molecular formula is C14H18N2O2. The van der Waals surface area contributed by atoms with E-state index in [0.29, 0.717) is 12.6 Å². The quantitative estimate of drug-likeness (QED) is 0.871. The van der Waals surface area contributed by atoms with E-state index in [1.807, 2.05) is 18.2 Å². The summed E-state index contributed by atoms with van der Waals surface area (Å²) >= 11 is 0. The Bertz CT molecular complexity index is 467. The predicted molar refractivity (Wildman–Crippen MR) is 71.2 cm³/mol. The summed E-state index contributed by atoms with van der Waals surface area (Å²) in [7, 11) is 1.64. The van der Waals surface area contributed by atoms with Gasteiger partial charge in [0.2, 0.25) is 5.91 Å². The van der Waals surface area contributed by atoms with E-state index in [4.69, 9.17) is 4.74 Å². The van der Waals surface area contributed by atoms with Gasteiger partial charge < -0.3 is 15.0 Å². The van der Waals surface area contributed by atoms with Gasteiger partial charge >= 0.3 is 0 Å². The van der Waals surface area contributed by atoms with Gasteiger partial charge in [0.05, 0.1) is 25.0 Å². The lowest BCUT2D eigenvalue weighted by Crippen LogP contribution is -2.43. The number of methoxy groups -OCH3 is 1. The first-order valence-electron chi connectivity index (χ1n) is 6.52. The van der Waals surface area contributed by atoms with Gasteiger partial charge in [0.15, 0.2) is 0 Å². The number of carbonyl (C=O) groups excluding carboxylic acids is 1. The van der Waals surface area contributed by atoms with Crippen LogP contribution >= 0.6 is 0 Å². The molecule has 0 radical (unpaired) electrons. The van der Waals surface area contributed by atoms with Gasteiger partial charge in [0.25, 0.3) is 0 Å². The van der Waals surface area contributed by atoms with E-state index < -0.39 is 0 Å². The van der Waals surface area contributed by atoms with Crippen molar-refractivity contribution in [2.75, 3.05) is 23.9 Å². The fourth-order valence-electron chi connectivity index (χ4n) is 2.96. The second kappa shape index (κ2) is 4.52. The average Bonchev–Trinajstić information content (AvgIpc) is 2.90. The zero-order valence-electron chi connectivity index (χ0n) is 10.6. The summed E-state index contributed by atoms with van der Waals surface area (Å²) in [5.74, 6) is 0.852. The Labute approximate surface area is 107 Å². The molecule has 0 atom stereocenters. The molecule has 3 rings (SSSR count). The molecular weight excluding hydrogens is 228 g/mol. The van der Waals surface area contributed by atoms with Crippen molar-refractivity contribution in [2.24, 2.45) is 0 Å². The van der Waals surface area contributed by atoms with Gasteiger partial charge in [-0.15, -0.1) is 0 Å². The molecule has 96 valence electrons. The largest absolute Gasteiger partial charge is 0.497 e. The number of hydrogen-bond acceptors (Lipinski definition) is 3. The number of benzene rings is 1. The van der Waals surface area contributed by atoms with Crippen LogP contribution in [0, 0.1) is 0 Å². The molecule has 1 amide bonds. The number of rotatable bonds is 2. The van der Waals surface area contributed by atoms with Gasteiger partial charge in [-0.1, -0.05) is 12.8 Å². The molecule has 0 unspecified atom stereocenters. The number of hydrogen-bond donors (Lipinski definition) is 1. The summed E-state index contributed by atoms with van der Waals surface area (Å²) in [5, 5.41) is 2.93. The number of nitrogens with zero attached hydrogens (tertiary/aromatic N) is 1. The third-order valence-corrected chi connectivity index (χ3v) is 3.87. The number of fused-ring (bicyclic) bond motifs is 1. The number of anilines is 2. The lowest BCUT2D eigenvalue weighted by Gasteiger charge is -2.35. The van der Waals surface area contributed by atoms with Crippen molar-refractivity contribution < 1.29 is 9.53 Å². The van der Waals surface area contributed by atoms with E-state index in [1.54, 1.807) is 7.11 Å². The molecule has 1 aromatic carbocycles. The number of amides is 1. The summed E-state index contributed by atoms with van der Waals surface area (Å²) in [5.41, 5.74) is 2.00. The van der Waals surface area contributed by atoms with Crippen LogP contribution in [0.5, 0.6) is 5.75 Å². The standard InChI is InChI=1S/C14H18N2O2/c1-18-11-6-7-13-12(8-11)15-14(17)9-16(13)10-4-2-3-5-10/h6-8,10H,2-5,9H2,1H3,(H,15,17). The smallest absolute Gasteiger partial charge is 0.243 e. The van der Waals surface area contributed by atoms with Crippen LogP contribution in [-0.2, 0) is 4.79 Å². The summed E-state index contributed by atoms with van der Waals surface area (Å²) in [6, 6.07) is 6.42. The molecule has 0 aromatic heterocycles. The highest BCUT2D eigenvalue weighted by atomic mass is 16.5. The Kier molecular flexibility index (Phi) is 2.86. The molecule has 0 spiro atoms. The van der Waals surface area contributed by atoms with E-state index in [-0.39, 0.29) is 5.91 Å². The zero-order chi connectivity index (χ0) is 12.5. The van der Waals surface area contributed by atoms with Crippen LogP contribution in [0.3, 0.4) is 0 Å². The minimum Gasteiger partial charge on any atom is -0.497 e. The summed E-state index contributed by atoms with van der Waals surface area (Å²) < 4.78 is 5.21. The maximum atomic E-state index is 11.8.